The number of aromatic nitrogens is 6. The van der Waals surface area contributed by atoms with Crippen LogP contribution in [-0.4, -0.2) is 71.3 Å². The van der Waals surface area contributed by atoms with Crippen LogP contribution in [0.4, 0.5) is 0 Å². The lowest BCUT2D eigenvalue weighted by atomic mass is 10.2. The molecule has 3 heterocycles. The van der Waals surface area contributed by atoms with Crippen LogP contribution in [0.15, 0.2) is 30.6 Å². The van der Waals surface area contributed by atoms with Crippen LogP contribution in [0.25, 0.3) is 11.5 Å². The van der Waals surface area contributed by atoms with Crippen LogP contribution in [0.3, 0.4) is 0 Å². The molecule has 0 N–H and O–H groups in total. The first-order valence-corrected chi connectivity index (χ1v) is 12.0. The summed E-state index contributed by atoms with van der Waals surface area (Å²) in [6, 6.07) is 5.22. The van der Waals surface area contributed by atoms with E-state index in [4.69, 9.17) is 25.8 Å². The molecular formula is C20H25ClN6O5S. The number of methoxy groups -OCH3 is 3. The number of rotatable bonds is 11. The highest BCUT2D eigenvalue weighted by molar-refractivity contribution is 7.91. The number of hydrogen-bond acceptors (Lipinski definition) is 10. The Labute approximate surface area is 197 Å². The van der Waals surface area contributed by atoms with Gasteiger partial charge < -0.3 is 18.8 Å². The molecule has 0 spiro atoms. The van der Waals surface area contributed by atoms with Gasteiger partial charge in [0, 0.05) is 39.2 Å². The highest BCUT2D eigenvalue weighted by Crippen LogP contribution is 2.26. The fourth-order valence-corrected chi connectivity index (χ4v) is 4.72. The Bertz CT molecular complexity index is 1170. The Morgan fingerprint density at radius 1 is 1.12 bits per heavy atom. The van der Waals surface area contributed by atoms with Gasteiger partial charge in [0.05, 0.1) is 24.0 Å². The summed E-state index contributed by atoms with van der Waals surface area (Å²) >= 11 is 5.84. The second-order valence-corrected chi connectivity index (χ2v) is 9.87. The normalized spacial score (nSPS) is 13.6. The fourth-order valence-electron chi connectivity index (χ4n) is 3.18. The number of hydrogen-bond donors (Lipinski definition) is 0. The molecule has 0 aromatic carbocycles. The van der Waals surface area contributed by atoms with E-state index in [1.165, 1.54) is 26.6 Å². The third kappa shape index (κ3) is 5.82. The van der Waals surface area contributed by atoms with Gasteiger partial charge in [-0.25, -0.2) is 23.4 Å². The summed E-state index contributed by atoms with van der Waals surface area (Å²) in [5.41, 5.74) is 0.499. The molecule has 0 bridgehead atoms. The van der Waals surface area contributed by atoms with Crippen LogP contribution in [0.5, 0.6) is 5.88 Å². The monoisotopic (exact) mass is 496 g/mol. The molecule has 2 atom stereocenters. The van der Waals surface area contributed by atoms with Crippen LogP contribution < -0.4 is 4.74 Å². The third-order valence-corrected chi connectivity index (χ3v) is 7.22. The maximum atomic E-state index is 13.3. The van der Waals surface area contributed by atoms with Crippen LogP contribution in [0.2, 0.25) is 5.02 Å². The van der Waals surface area contributed by atoms with Crippen molar-refractivity contribution in [2.24, 2.45) is 0 Å². The van der Waals surface area contributed by atoms with E-state index in [0.717, 1.165) is 0 Å². The summed E-state index contributed by atoms with van der Waals surface area (Å²) in [7, 11) is 0.715. The summed E-state index contributed by atoms with van der Waals surface area (Å²) < 4.78 is 44.1. The lowest BCUT2D eigenvalue weighted by Gasteiger charge is -2.21. The van der Waals surface area contributed by atoms with Crippen LogP contribution >= 0.6 is 11.6 Å². The van der Waals surface area contributed by atoms with E-state index in [1.807, 2.05) is 0 Å². The molecule has 0 radical (unpaired) electrons. The van der Waals surface area contributed by atoms with Crippen molar-refractivity contribution in [2.45, 2.75) is 30.6 Å². The van der Waals surface area contributed by atoms with Crippen molar-refractivity contribution in [2.75, 3.05) is 27.9 Å². The maximum absolute atomic E-state index is 13.3. The lowest BCUT2D eigenvalue weighted by Crippen LogP contribution is -2.30. The minimum Gasteiger partial charge on any atom is -0.481 e. The van der Waals surface area contributed by atoms with Gasteiger partial charge in [-0.05, 0) is 13.0 Å². The number of sulfone groups is 1. The van der Waals surface area contributed by atoms with Crippen molar-refractivity contribution in [1.82, 2.24) is 29.7 Å². The summed E-state index contributed by atoms with van der Waals surface area (Å²) in [5, 5.41) is 7.72. The molecule has 0 unspecified atom stereocenters. The van der Waals surface area contributed by atoms with Crippen molar-refractivity contribution in [3.05, 3.63) is 47.3 Å². The minimum absolute atomic E-state index is 0.222. The second kappa shape index (κ2) is 11.0. The number of nitrogens with zero attached hydrogens (tertiary/aromatic N) is 6. The van der Waals surface area contributed by atoms with Crippen LogP contribution in [-0.2, 0) is 31.6 Å². The predicted octanol–water partition coefficient (Wildman–Crippen LogP) is 2.13. The molecule has 3 aromatic rings. The topological polar surface area (TPSA) is 131 Å². The molecule has 0 saturated heterocycles. The van der Waals surface area contributed by atoms with Gasteiger partial charge in [-0.2, -0.15) is 0 Å². The van der Waals surface area contributed by atoms with Crippen molar-refractivity contribution in [3.8, 4) is 17.4 Å². The Morgan fingerprint density at radius 2 is 1.85 bits per heavy atom. The van der Waals surface area contributed by atoms with E-state index in [1.54, 1.807) is 36.8 Å². The molecule has 3 aromatic heterocycles. The highest BCUT2D eigenvalue weighted by atomic mass is 35.5. The summed E-state index contributed by atoms with van der Waals surface area (Å²) in [6.45, 7) is 2.21. The third-order valence-electron chi connectivity index (χ3n) is 4.98. The van der Waals surface area contributed by atoms with Gasteiger partial charge in [-0.15, -0.1) is 10.2 Å². The lowest BCUT2D eigenvalue weighted by molar-refractivity contribution is 0.0948. The van der Waals surface area contributed by atoms with Crippen molar-refractivity contribution < 1.29 is 22.6 Å². The van der Waals surface area contributed by atoms with Gasteiger partial charge in [-0.3, -0.25) is 0 Å². The van der Waals surface area contributed by atoms with Gasteiger partial charge in [0.25, 0.3) is 0 Å². The Balaban J connectivity index is 1.93. The van der Waals surface area contributed by atoms with Gasteiger partial charge in [0.1, 0.15) is 23.4 Å². The van der Waals surface area contributed by atoms with Crippen molar-refractivity contribution in [3.63, 3.8) is 0 Å². The first kappa shape index (κ1) is 25.0. The van der Waals surface area contributed by atoms with Crippen LogP contribution in [0.1, 0.15) is 24.7 Å². The predicted molar refractivity (Wildman–Crippen MR) is 121 cm³/mol. The SMILES string of the molecule is COCCn1c(CS(=O)(=O)[C@@H](C)[C@H](OC)c2ncc(Cl)cn2)nnc1-c1cccc(OC)n1. The fraction of sp³-hybridized carbons (Fsp3) is 0.450. The van der Waals surface area contributed by atoms with E-state index in [2.05, 4.69) is 25.1 Å². The molecule has 13 heteroatoms. The summed E-state index contributed by atoms with van der Waals surface area (Å²) in [6.07, 6.45) is 1.90. The van der Waals surface area contributed by atoms with E-state index in [-0.39, 0.29) is 17.4 Å². The molecule has 0 aliphatic carbocycles. The van der Waals surface area contributed by atoms with Crippen molar-refractivity contribution >= 4 is 21.4 Å². The molecule has 0 fully saturated rings. The second-order valence-electron chi connectivity index (χ2n) is 7.08. The number of halogens is 1. The molecule has 3 rings (SSSR count). The Hall–Kier alpha value is -2.67. The zero-order valence-electron chi connectivity index (χ0n) is 18.7. The van der Waals surface area contributed by atoms with Gasteiger partial charge in [0.2, 0.25) is 5.88 Å². The largest absolute Gasteiger partial charge is 0.481 e. The first-order valence-electron chi connectivity index (χ1n) is 9.95. The van der Waals surface area contributed by atoms with E-state index in [9.17, 15) is 8.42 Å². The molecular weight excluding hydrogens is 472 g/mol. The molecule has 0 aliphatic heterocycles. The smallest absolute Gasteiger partial charge is 0.213 e. The van der Waals surface area contributed by atoms with E-state index < -0.39 is 21.2 Å². The summed E-state index contributed by atoms with van der Waals surface area (Å²) in [5.74, 6) is 0.920. The molecule has 0 amide bonds. The molecule has 0 aliphatic rings. The standard InChI is InChI=1S/C20H25ClN6O5S/c1-13(18(32-4)19-22-10-14(21)11-23-19)33(28,29)12-16-25-26-20(27(16)8-9-30-2)15-6-5-7-17(24-15)31-3/h5-7,10-11,13,18H,8-9,12H2,1-4H3/t13-,18-/m0/s1. The molecule has 11 nitrogen and oxygen atoms in total. The van der Waals surface area contributed by atoms with Gasteiger partial charge in [0.15, 0.2) is 21.5 Å². The Morgan fingerprint density at radius 3 is 2.48 bits per heavy atom. The van der Waals surface area contributed by atoms with E-state index >= 15 is 0 Å². The first-order chi connectivity index (χ1) is 15.8. The number of pyridine rings is 1. The minimum atomic E-state index is -3.76. The summed E-state index contributed by atoms with van der Waals surface area (Å²) in [4.78, 5) is 12.6. The zero-order valence-corrected chi connectivity index (χ0v) is 20.2. The average molecular weight is 497 g/mol. The van der Waals surface area contributed by atoms with E-state index in [0.29, 0.717) is 35.6 Å². The number of ether oxygens (including phenoxy) is 3. The average Bonchev–Trinajstić information content (AvgIpc) is 3.20. The zero-order chi connectivity index (χ0) is 24.0. The quantitative estimate of drug-likeness (QED) is 0.389. The molecule has 33 heavy (non-hydrogen) atoms. The Kier molecular flexibility index (Phi) is 8.30. The van der Waals surface area contributed by atoms with Gasteiger partial charge in [-0.1, -0.05) is 17.7 Å². The van der Waals surface area contributed by atoms with Gasteiger partial charge >= 0.3 is 0 Å². The van der Waals surface area contributed by atoms with Crippen LogP contribution in [0, 0.1) is 0 Å². The maximum Gasteiger partial charge on any atom is 0.213 e. The molecule has 0 saturated carbocycles. The van der Waals surface area contributed by atoms with Crippen molar-refractivity contribution in [1.29, 1.82) is 0 Å². The molecule has 178 valence electrons. The highest BCUT2D eigenvalue weighted by Gasteiger charge is 2.34.